The van der Waals surface area contributed by atoms with Crippen molar-refractivity contribution in [2.24, 2.45) is 0 Å². The number of rotatable bonds is 10. The van der Waals surface area contributed by atoms with Gasteiger partial charge in [-0.15, -0.1) is 6.58 Å². The van der Waals surface area contributed by atoms with E-state index in [-0.39, 0.29) is 0 Å². The van der Waals surface area contributed by atoms with Crippen LogP contribution in [0.15, 0.2) is 108 Å². The summed E-state index contributed by atoms with van der Waals surface area (Å²) >= 11 is 0. The van der Waals surface area contributed by atoms with Crippen LogP contribution in [0.25, 0.3) is 0 Å². The Labute approximate surface area is 155 Å². The van der Waals surface area contributed by atoms with Crippen LogP contribution in [0.1, 0.15) is 47.5 Å². The van der Waals surface area contributed by atoms with Gasteiger partial charge in [-0.05, 0) is 47.5 Å². The second-order valence-electron chi connectivity index (χ2n) is 6.18. The molecule has 134 valence electrons. The molecule has 0 saturated carbocycles. The molecule has 0 saturated heterocycles. The lowest BCUT2D eigenvalue weighted by Gasteiger charge is -1.94. The Morgan fingerprint density at radius 3 is 1.68 bits per heavy atom. The fraction of sp³-hybridized carbons (Fsp3) is 0.280. The zero-order chi connectivity index (χ0) is 18.9. The second-order valence-corrected chi connectivity index (χ2v) is 6.18. The molecule has 0 heterocycles. The van der Waals surface area contributed by atoms with E-state index >= 15 is 0 Å². The molecule has 0 bridgehead atoms. The normalized spacial score (nSPS) is 15.4. The van der Waals surface area contributed by atoms with E-state index in [1.165, 1.54) is 22.3 Å². The lowest BCUT2D eigenvalue weighted by atomic mass is 10.1. The van der Waals surface area contributed by atoms with Gasteiger partial charge in [-0.2, -0.15) is 0 Å². The van der Waals surface area contributed by atoms with E-state index in [0.29, 0.717) is 0 Å². The van der Waals surface area contributed by atoms with Crippen LogP contribution in [0.2, 0.25) is 0 Å². The molecule has 0 N–H and O–H groups in total. The Morgan fingerprint density at radius 1 is 0.680 bits per heavy atom. The molecule has 0 aliphatic carbocycles. The van der Waals surface area contributed by atoms with Gasteiger partial charge in [0.25, 0.3) is 0 Å². The molecule has 0 aliphatic heterocycles. The summed E-state index contributed by atoms with van der Waals surface area (Å²) in [6, 6.07) is 0. The van der Waals surface area contributed by atoms with Crippen molar-refractivity contribution in [3.63, 3.8) is 0 Å². The number of hydrogen-bond acceptors (Lipinski definition) is 0. The first-order valence-electron chi connectivity index (χ1n) is 8.93. The van der Waals surface area contributed by atoms with E-state index in [9.17, 15) is 0 Å². The number of allylic oxidation sites excluding steroid dienone is 17. The van der Waals surface area contributed by atoms with Crippen molar-refractivity contribution in [3.8, 4) is 0 Å². The molecule has 0 aromatic heterocycles. The Morgan fingerprint density at radius 2 is 1.16 bits per heavy atom. The Bertz CT molecular complexity index is 623. The van der Waals surface area contributed by atoms with Crippen molar-refractivity contribution in [1.29, 1.82) is 0 Å². The molecular formula is C25H34. The SMILES string of the molecule is C=CCC/C(C)=C/C=C/C(C)=C/C=C/C(C)=C/C=C/C=C(C)/C=C/C. The molecular weight excluding hydrogens is 300 g/mol. The predicted molar refractivity (Wildman–Crippen MR) is 117 cm³/mol. The topological polar surface area (TPSA) is 0 Å². The molecule has 0 aliphatic rings. The highest BCUT2D eigenvalue weighted by atomic mass is 13.9. The third kappa shape index (κ3) is 15.0. The highest BCUT2D eigenvalue weighted by Crippen LogP contribution is 2.05. The van der Waals surface area contributed by atoms with Crippen LogP contribution in [-0.4, -0.2) is 0 Å². The summed E-state index contributed by atoms with van der Waals surface area (Å²) in [5, 5.41) is 0. The Balaban J connectivity index is 4.53. The van der Waals surface area contributed by atoms with Gasteiger partial charge in [0.1, 0.15) is 0 Å². The lowest BCUT2D eigenvalue weighted by Crippen LogP contribution is -1.74. The molecule has 0 aromatic rings. The van der Waals surface area contributed by atoms with Crippen LogP contribution in [-0.2, 0) is 0 Å². The predicted octanol–water partition coefficient (Wildman–Crippen LogP) is 7.98. The summed E-state index contributed by atoms with van der Waals surface area (Å²) in [4.78, 5) is 0. The summed E-state index contributed by atoms with van der Waals surface area (Å²) in [5.41, 5.74) is 5.09. The Kier molecular flexibility index (Phi) is 13.8. The van der Waals surface area contributed by atoms with Crippen LogP contribution >= 0.6 is 0 Å². The van der Waals surface area contributed by atoms with Crippen LogP contribution in [0.5, 0.6) is 0 Å². The van der Waals surface area contributed by atoms with Crippen molar-refractivity contribution < 1.29 is 0 Å². The van der Waals surface area contributed by atoms with Gasteiger partial charge < -0.3 is 0 Å². The smallest absolute Gasteiger partial charge is 0.0285 e. The van der Waals surface area contributed by atoms with Crippen LogP contribution in [0.3, 0.4) is 0 Å². The highest BCUT2D eigenvalue weighted by molar-refractivity contribution is 5.31. The summed E-state index contributed by atoms with van der Waals surface area (Å²) in [6.45, 7) is 14.2. The van der Waals surface area contributed by atoms with Crippen LogP contribution in [0, 0.1) is 0 Å². The maximum absolute atomic E-state index is 3.75. The minimum Gasteiger partial charge on any atom is -0.103 e. The minimum absolute atomic E-state index is 1.04. The van der Waals surface area contributed by atoms with Gasteiger partial charge in [0.15, 0.2) is 0 Å². The fourth-order valence-corrected chi connectivity index (χ4v) is 1.97. The van der Waals surface area contributed by atoms with Crippen molar-refractivity contribution in [3.05, 3.63) is 108 Å². The van der Waals surface area contributed by atoms with Crippen molar-refractivity contribution in [1.82, 2.24) is 0 Å². The maximum Gasteiger partial charge on any atom is -0.0285 e. The van der Waals surface area contributed by atoms with Crippen molar-refractivity contribution >= 4 is 0 Å². The largest absolute Gasteiger partial charge is 0.103 e. The van der Waals surface area contributed by atoms with Gasteiger partial charge in [-0.1, -0.05) is 101 Å². The van der Waals surface area contributed by atoms with Gasteiger partial charge in [0.2, 0.25) is 0 Å². The molecule has 0 spiro atoms. The van der Waals surface area contributed by atoms with E-state index < -0.39 is 0 Å². The first-order chi connectivity index (χ1) is 12.0. The van der Waals surface area contributed by atoms with Crippen molar-refractivity contribution in [2.75, 3.05) is 0 Å². The van der Waals surface area contributed by atoms with Gasteiger partial charge in [0.05, 0.1) is 0 Å². The van der Waals surface area contributed by atoms with E-state index in [0.717, 1.165) is 12.8 Å². The first-order valence-corrected chi connectivity index (χ1v) is 8.93. The quantitative estimate of drug-likeness (QED) is 0.280. The monoisotopic (exact) mass is 334 g/mol. The lowest BCUT2D eigenvalue weighted by molar-refractivity contribution is 0.980. The van der Waals surface area contributed by atoms with Gasteiger partial charge in [-0.25, -0.2) is 0 Å². The molecule has 25 heavy (non-hydrogen) atoms. The zero-order valence-corrected chi connectivity index (χ0v) is 16.6. The van der Waals surface area contributed by atoms with Gasteiger partial charge in [-0.3, -0.25) is 0 Å². The van der Waals surface area contributed by atoms with Crippen LogP contribution in [0.4, 0.5) is 0 Å². The number of hydrogen-bond donors (Lipinski definition) is 0. The van der Waals surface area contributed by atoms with E-state index in [2.05, 4.69) is 101 Å². The zero-order valence-electron chi connectivity index (χ0n) is 16.6. The maximum atomic E-state index is 3.75. The third-order valence-electron chi connectivity index (χ3n) is 3.46. The molecule has 0 rings (SSSR count). The molecule has 0 unspecified atom stereocenters. The average Bonchev–Trinajstić information content (AvgIpc) is 2.57. The first kappa shape index (κ1) is 22.7. The average molecular weight is 335 g/mol. The molecule has 0 radical (unpaired) electrons. The molecule has 0 heteroatoms. The van der Waals surface area contributed by atoms with Crippen LogP contribution < -0.4 is 0 Å². The summed E-state index contributed by atoms with van der Waals surface area (Å²) in [5.74, 6) is 0. The van der Waals surface area contributed by atoms with Gasteiger partial charge >= 0.3 is 0 Å². The highest BCUT2D eigenvalue weighted by Gasteiger charge is 1.85. The molecule has 0 amide bonds. The summed E-state index contributed by atoms with van der Waals surface area (Å²) < 4.78 is 0. The van der Waals surface area contributed by atoms with E-state index in [4.69, 9.17) is 0 Å². The molecule has 0 fully saturated rings. The van der Waals surface area contributed by atoms with Crippen molar-refractivity contribution in [2.45, 2.75) is 47.5 Å². The summed E-state index contributed by atoms with van der Waals surface area (Å²) in [7, 11) is 0. The molecule has 0 aromatic carbocycles. The van der Waals surface area contributed by atoms with E-state index in [1.807, 2.05) is 19.1 Å². The van der Waals surface area contributed by atoms with Gasteiger partial charge in [0, 0.05) is 0 Å². The third-order valence-corrected chi connectivity index (χ3v) is 3.46. The molecule has 0 atom stereocenters. The second kappa shape index (κ2) is 15.2. The van der Waals surface area contributed by atoms with E-state index in [1.54, 1.807) is 0 Å². The standard InChI is InChI=1S/C25H34/c1-7-9-15-23(4)18-12-20-25(6)21-13-19-24(5)17-11-10-16-22(3)14-8-2/h7-8,10-14,16-21H,1,9,15H2,2-6H3/b11-10+,14-8+,19-13+,20-12+,22-16+,23-18+,24-17+,25-21+. The Hall–Kier alpha value is -2.34. The minimum atomic E-state index is 1.04. The molecule has 0 nitrogen and oxygen atoms in total. The fourth-order valence-electron chi connectivity index (χ4n) is 1.97. The summed E-state index contributed by atoms with van der Waals surface area (Å²) in [6.07, 6.45) is 29.3.